The summed E-state index contributed by atoms with van der Waals surface area (Å²) in [6.45, 7) is 2.28. The molecule has 2 aliphatic rings. The number of benzene rings is 2. The summed E-state index contributed by atoms with van der Waals surface area (Å²) in [7, 11) is 0. The third-order valence-electron chi connectivity index (χ3n) is 5.13. The summed E-state index contributed by atoms with van der Waals surface area (Å²) in [5.74, 6) is -1.31. The minimum absolute atomic E-state index is 0. The number of amides is 4. The van der Waals surface area contributed by atoms with Gasteiger partial charge in [-0.2, -0.15) is 0 Å². The van der Waals surface area contributed by atoms with Crippen LogP contribution in [0.4, 0.5) is 35.4 Å². The minimum atomic E-state index is -0.662. The Bertz CT molecular complexity index is 1040. The lowest BCUT2D eigenvalue weighted by Crippen LogP contribution is -2.33. The summed E-state index contributed by atoms with van der Waals surface area (Å²) in [6, 6.07) is 9.22. The first-order valence-corrected chi connectivity index (χ1v) is 9.70. The molecule has 0 aliphatic carbocycles. The highest BCUT2D eigenvalue weighted by Gasteiger charge is 2.35. The van der Waals surface area contributed by atoms with Crippen LogP contribution in [0, 0.1) is 11.6 Å². The van der Waals surface area contributed by atoms with Crippen molar-refractivity contribution < 1.29 is 29.3 Å². The van der Waals surface area contributed by atoms with E-state index in [9.17, 15) is 23.2 Å². The van der Waals surface area contributed by atoms with E-state index in [1.54, 1.807) is 0 Å². The first kappa shape index (κ1) is 20.6. The molecule has 1 atom stereocenters. The van der Waals surface area contributed by atoms with Gasteiger partial charge in [-0.25, -0.2) is 18.4 Å². The van der Waals surface area contributed by atoms with Crippen molar-refractivity contribution in [3.05, 3.63) is 54.1 Å². The molecule has 0 radical (unpaired) electrons. The van der Waals surface area contributed by atoms with Crippen molar-refractivity contribution in [1.82, 2.24) is 5.32 Å². The minimum Gasteiger partial charge on any atom is -0.442 e. The van der Waals surface area contributed by atoms with Crippen molar-refractivity contribution in [3.63, 3.8) is 0 Å². The third-order valence-corrected chi connectivity index (χ3v) is 5.13. The van der Waals surface area contributed by atoms with Crippen molar-refractivity contribution in [3.8, 4) is 0 Å². The van der Waals surface area contributed by atoms with Crippen molar-refractivity contribution in [2.24, 2.45) is 0 Å². The van der Waals surface area contributed by atoms with Crippen LogP contribution < -0.4 is 20.0 Å². The summed E-state index contributed by atoms with van der Waals surface area (Å²) in [6.07, 6.45) is -1.18. The molecule has 0 aromatic heterocycles. The molecule has 2 aromatic rings. The van der Waals surface area contributed by atoms with E-state index in [2.05, 4.69) is 5.32 Å². The van der Waals surface area contributed by atoms with E-state index in [1.165, 1.54) is 64.1 Å². The summed E-state index contributed by atoms with van der Waals surface area (Å²) in [5, 5.41) is 2.58. The van der Waals surface area contributed by atoms with E-state index < -0.39 is 29.9 Å². The number of urea groups is 1. The highest BCUT2D eigenvalue weighted by Crippen LogP contribution is 2.31. The molecule has 2 heterocycles. The van der Waals surface area contributed by atoms with E-state index in [0.29, 0.717) is 17.9 Å². The molecule has 31 heavy (non-hydrogen) atoms. The zero-order valence-corrected chi connectivity index (χ0v) is 16.7. The van der Waals surface area contributed by atoms with E-state index in [4.69, 9.17) is 4.74 Å². The first-order chi connectivity index (χ1) is 14.8. The predicted octanol–water partition coefficient (Wildman–Crippen LogP) is 3.12. The largest absolute Gasteiger partial charge is 0.442 e. The second kappa shape index (κ2) is 8.21. The number of halogens is 2. The number of carbonyl (C=O) groups is 3. The first-order valence-electron chi connectivity index (χ1n) is 9.70. The number of anilines is 3. The van der Waals surface area contributed by atoms with Gasteiger partial charge in [0.25, 0.3) is 0 Å². The molecule has 0 spiro atoms. The van der Waals surface area contributed by atoms with Gasteiger partial charge in [0.15, 0.2) is 0 Å². The molecule has 0 unspecified atom stereocenters. The van der Waals surface area contributed by atoms with Gasteiger partial charge in [0, 0.05) is 27.1 Å². The van der Waals surface area contributed by atoms with Crippen molar-refractivity contribution in [2.75, 3.05) is 40.9 Å². The third kappa shape index (κ3) is 4.14. The van der Waals surface area contributed by atoms with Gasteiger partial charge in [-0.05, 0) is 42.5 Å². The zero-order valence-electron chi connectivity index (χ0n) is 16.7. The topological polar surface area (TPSA) is 82.2 Å². The lowest BCUT2D eigenvalue weighted by molar-refractivity contribution is -0.119. The second-order valence-electron chi connectivity index (χ2n) is 7.25. The normalized spacial score (nSPS) is 18.5. The fourth-order valence-electron chi connectivity index (χ4n) is 3.60. The Morgan fingerprint density at radius 2 is 1.74 bits per heavy atom. The predicted molar refractivity (Wildman–Crippen MR) is 111 cm³/mol. The van der Waals surface area contributed by atoms with Gasteiger partial charge >= 0.3 is 12.1 Å². The van der Waals surface area contributed by atoms with E-state index in [-0.39, 0.29) is 32.7 Å². The van der Waals surface area contributed by atoms with Crippen LogP contribution in [0.2, 0.25) is 0 Å². The standard InChI is InChI=1S/C21H20F2N4O4.H2/c1-13(28)24-11-17-12-27(21(30)31-17)16-6-7-19(18(23)10-16)26-9-8-25(20(26)29)15-4-2-14(22)3-5-15;/h2-7,10,17H,8-9,11-12H2,1H3,(H,24,28);1H/t17-;/m0./s1. The number of hydrogen-bond donors (Lipinski definition) is 1. The number of hydrogen-bond acceptors (Lipinski definition) is 4. The van der Waals surface area contributed by atoms with Crippen LogP contribution in [0.5, 0.6) is 0 Å². The van der Waals surface area contributed by atoms with Gasteiger partial charge in [0.2, 0.25) is 5.91 Å². The number of rotatable bonds is 5. The zero-order chi connectivity index (χ0) is 22.1. The lowest BCUT2D eigenvalue weighted by Gasteiger charge is -2.20. The van der Waals surface area contributed by atoms with Crippen LogP contribution in [0.3, 0.4) is 0 Å². The molecule has 2 aliphatic heterocycles. The highest BCUT2D eigenvalue weighted by atomic mass is 19.1. The monoisotopic (exact) mass is 432 g/mol. The lowest BCUT2D eigenvalue weighted by atomic mass is 10.2. The van der Waals surface area contributed by atoms with Crippen molar-refractivity contribution in [1.29, 1.82) is 0 Å². The Morgan fingerprint density at radius 1 is 1.06 bits per heavy atom. The van der Waals surface area contributed by atoms with Gasteiger partial charge in [-0.15, -0.1) is 0 Å². The van der Waals surface area contributed by atoms with Crippen LogP contribution in [-0.4, -0.2) is 50.3 Å². The Hall–Kier alpha value is -3.69. The van der Waals surface area contributed by atoms with Gasteiger partial charge < -0.3 is 10.1 Å². The van der Waals surface area contributed by atoms with Crippen LogP contribution in [0.1, 0.15) is 8.35 Å². The van der Waals surface area contributed by atoms with Gasteiger partial charge in [0.1, 0.15) is 17.7 Å². The average molecular weight is 432 g/mol. The Kier molecular flexibility index (Phi) is 5.45. The quantitative estimate of drug-likeness (QED) is 0.787. The van der Waals surface area contributed by atoms with E-state index >= 15 is 0 Å². The SMILES string of the molecule is CC(=O)NC[C@H]1CN(c2ccc(N3CCN(c4ccc(F)cc4)C3=O)c(F)c2)C(=O)O1.[HH]. The molecule has 0 bridgehead atoms. The fraction of sp³-hybridized carbons (Fsp3) is 0.286. The van der Waals surface area contributed by atoms with E-state index in [1.807, 2.05) is 0 Å². The molecule has 1 N–H and O–H groups in total. The Labute approximate surface area is 178 Å². The molecule has 164 valence electrons. The maximum atomic E-state index is 14.9. The molecule has 2 aromatic carbocycles. The molecule has 4 amide bonds. The van der Waals surface area contributed by atoms with Gasteiger partial charge in [-0.3, -0.25) is 19.5 Å². The smallest absolute Gasteiger partial charge is 0.414 e. The molecule has 2 fully saturated rings. The number of ether oxygens (including phenoxy) is 1. The number of carbonyl (C=O) groups excluding carboxylic acids is 3. The number of cyclic esters (lactones) is 1. The fourth-order valence-corrected chi connectivity index (χ4v) is 3.60. The van der Waals surface area contributed by atoms with Gasteiger partial charge in [-0.1, -0.05) is 0 Å². The summed E-state index contributed by atoms with van der Waals surface area (Å²) in [4.78, 5) is 39.9. The Morgan fingerprint density at radius 3 is 2.42 bits per heavy atom. The molecular weight excluding hydrogens is 410 g/mol. The van der Waals surface area contributed by atoms with Crippen LogP contribution in [0.25, 0.3) is 0 Å². The van der Waals surface area contributed by atoms with Gasteiger partial charge in [0.05, 0.1) is 24.5 Å². The second-order valence-corrected chi connectivity index (χ2v) is 7.25. The molecular formula is C21H22F2N4O4. The highest BCUT2D eigenvalue weighted by molar-refractivity contribution is 6.06. The maximum Gasteiger partial charge on any atom is 0.414 e. The maximum absolute atomic E-state index is 14.9. The summed E-state index contributed by atoms with van der Waals surface area (Å²) in [5.41, 5.74) is 0.898. The van der Waals surface area contributed by atoms with Crippen LogP contribution in [-0.2, 0) is 9.53 Å². The molecule has 0 saturated carbocycles. The molecule has 2 saturated heterocycles. The summed E-state index contributed by atoms with van der Waals surface area (Å²) >= 11 is 0. The van der Waals surface area contributed by atoms with Crippen LogP contribution >= 0.6 is 0 Å². The number of nitrogens with one attached hydrogen (secondary N) is 1. The Balaban J connectivity index is 0.00000289. The summed E-state index contributed by atoms with van der Waals surface area (Å²) < 4.78 is 33.2. The van der Waals surface area contributed by atoms with Crippen molar-refractivity contribution >= 4 is 35.1 Å². The molecule has 8 nitrogen and oxygen atoms in total. The molecule has 10 heteroatoms. The van der Waals surface area contributed by atoms with Crippen LogP contribution in [0.15, 0.2) is 42.5 Å². The average Bonchev–Trinajstić information content (AvgIpc) is 3.29. The van der Waals surface area contributed by atoms with Crippen molar-refractivity contribution in [2.45, 2.75) is 13.0 Å². The molecule has 4 rings (SSSR count). The number of nitrogens with zero attached hydrogens (tertiary/aromatic N) is 3. The van der Waals surface area contributed by atoms with E-state index in [0.717, 1.165) is 0 Å².